The van der Waals surface area contributed by atoms with Gasteiger partial charge >= 0.3 is 0 Å². The predicted octanol–water partition coefficient (Wildman–Crippen LogP) is 7.46. The largest absolute Gasteiger partial charge is 0.497 e. The maximum absolute atomic E-state index is 6.29. The van der Waals surface area contributed by atoms with Gasteiger partial charge in [-0.3, -0.25) is 0 Å². The van der Waals surface area contributed by atoms with Crippen LogP contribution in [0.2, 0.25) is 0 Å². The Kier molecular flexibility index (Phi) is 5.00. The van der Waals surface area contributed by atoms with Gasteiger partial charge in [-0.25, -0.2) is 9.97 Å². The fraction of sp³-hybridized carbons (Fsp3) is 0.0714. The average Bonchev–Trinajstić information content (AvgIpc) is 3.53. The lowest BCUT2D eigenvalue weighted by Crippen LogP contribution is -1.83. The lowest BCUT2D eigenvalue weighted by atomic mass is 10.0. The van der Waals surface area contributed by atoms with Gasteiger partial charge in [0, 0.05) is 22.3 Å². The number of para-hydroxylation sites is 2. The molecule has 0 saturated carbocycles. The van der Waals surface area contributed by atoms with Gasteiger partial charge in [0.1, 0.15) is 22.0 Å². The van der Waals surface area contributed by atoms with Crippen molar-refractivity contribution < 1.29 is 13.9 Å². The molecule has 0 atom stereocenters. The second-order valence-corrected chi connectivity index (χ2v) is 8.83. The Labute approximate surface area is 200 Å². The van der Waals surface area contributed by atoms with Crippen LogP contribution >= 0.6 is 11.3 Å². The number of benzene rings is 4. The molecule has 4 aromatic carbocycles. The highest BCUT2D eigenvalue weighted by Gasteiger charge is 2.17. The van der Waals surface area contributed by atoms with Crippen molar-refractivity contribution >= 4 is 32.7 Å². The molecule has 0 aliphatic rings. The Morgan fingerprint density at radius 2 is 1.32 bits per heavy atom. The number of nitrogens with zero attached hydrogens (tertiary/aromatic N) is 2. The van der Waals surface area contributed by atoms with E-state index in [-0.39, 0.29) is 0 Å². The molecular formula is C28H20N2O3S. The summed E-state index contributed by atoms with van der Waals surface area (Å²) in [5, 5.41) is 0.966. The summed E-state index contributed by atoms with van der Waals surface area (Å²) in [6.45, 7) is 0. The molecule has 6 heteroatoms. The molecule has 0 fully saturated rings. The zero-order valence-electron chi connectivity index (χ0n) is 18.6. The fourth-order valence-electron chi connectivity index (χ4n) is 4.04. The minimum Gasteiger partial charge on any atom is -0.497 e. The monoisotopic (exact) mass is 464 g/mol. The van der Waals surface area contributed by atoms with Gasteiger partial charge < -0.3 is 13.9 Å². The second kappa shape index (κ2) is 8.32. The number of aromatic nitrogens is 2. The van der Waals surface area contributed by atoms with E-state index in [1.807, 2.05) is 60.7 Å². The molecule has 0 aliphatic heterocycles. The molecule has 0 amide bonds. The molecule has 0 unspecified atom stereocenters. The van der Waals surface area contributed by atoms with E-state index in [9.17, 15) is 0 Å². The van der Waals surface area contributed by atoms with Gasteiger partial charge in [0.05, 0.1) is 24.4 Å². The zero-order valence-corrected chi connectivity index (χ0v) is 19.4. The van der Waals surface area contributed by atoms with Crippen molar-refractivity contribution in [3.05, 3.63) is 84.9 Å². The molecule has 2 aromatic heterocycles. The third kappa shape index (κ3) is 3.49. The quantitative estimate of drug-likeness (QED) is 0.265. The van der Waals surface area contributed by atoms with Crippen LogP contribution in [0.5, 0.6) is 11.5 Å². The Balaban J connectivity index is 1.47. The van der Waals surface area contributed by atoms with Gasteiger partial charge in [-0.2, -0.15) is 0 Å². The number of hydrogen-bond donors (Lipinski definition) is 0. The van der Waals surface area contributed by atoms with Crippen LogP contribution < -0.4 is 9.47 Å². The Morgan fingerprint density at radius 3 is 2.03 bits per heavy atom. The van der Waals surface area contributed by atoms with E-state index in [2.05, 4.69) is 24.3 Å². The lowest BCUT2D eigenvalue weighted by Gasteiger charge is -2.03. The second-order valence-electron chi connectivity index (χ2n) is 7.80. The van der Waals surface area contributed by atoms with Gasteiger partial charge in [-0.05, 0) is 60.7 Å². The first-order valence-electron chi connectivity index (χ1n) is 10.8. The van der Waals surface area contributed by atoms with Crippen LogP contribution in [0.4, 0.5) is 0 Å². The predicted molar refractivity (Wildman–Crippen MR) is 137 cm³/mol. The molecule has 0 saturated heterocycles. The van der Waals surface area contributed by atoms with E-state index in [1.165, 1.54) is 0 Å². The summed E-state index contributed by atoms with van der Waals surface area (Å²) in [4.78, 5) is 9.74. The van der Waals surface area contributed by atoms with Crippen molar-refractivity contribution in [1.29, 1.82) is 0 Å². The van der Waals surface area contributed by atoms with Crippen molar-refractivity contribution in [3.8, 4) is 44.7 Å². The molecule has 0 aliphatic carbocycles. The Morgan fingerprint density at radius 1 is 0.676 bits per heavy atom. The fourth-order valence-corrected chi connectivity index (χ4v) is 5.04. The molecule has 166 valence electrons. The molecule has 2 heterocycles. The molecule has 6 rings (SSSR count). The third-order valence-electron chi connectivity index (χ3n) is 5.80. The molecule has 0 N–H and O–H groups in total. The lowest BCUT2D eigenvalue weighted by molar-refractivity contribution is 0.414. The van der Waals surface area contributed by atoms with E-state index in [0.29, 0.717) is 5.89 Å². The number of thiazole rings is 1. The van der Waals surface area contributed by atoms with Crippen molar-refractivity contribution in [2.24, 2.45) is 0 Å². The Bertz CT molecular complexity index is 1490. The highest BCUT2D eigenvalue weighted by Crippen LogP contribution is 2.39. The van der Waals surface area contributed by atoms with Gasteiger partial charge in [0.15, 0.2) is 5.58 Å². The molecule has 6 aromatic rings. The van der Waals surface area contributed by atoms with Gasteiger partial charge in [0.25, 0.3) is 0 Å². The third-order valence-corrected chi connectivity index (χ3v) is 6.87. The number of hydrogen-bond acceptors (Lipinski definition) is 6. The molecule has 34 heavy (non-hydrogen) atoms. The zero-order chi connectivity index (χ0) is 23.1. The minimum atomic E-state index is 0.578. The highest BCUT2D eigenvalue weighted by molar-refractivity contribution is 7.21. The van der Waals surface area contributed by atoms with Crippen LogP contribution in [-0.4, -0.2) is 24.2 Å². The summed E-state index contributed by atoms with van der Waals surface area (Å²) in [7, 11) is 3.32. The van der Waals surface area contributed by atoms with E-state index in [0.717, 1.165) is 60.1 Å². The minimum absolute atomic E-state index is 0.578. The summed E-state index contributed by atoms with van der Waals surface area (Å²) >= 11 is 1.67. The van der Waals surface area contributed by atoms with Crippen molar-refractivity contribution in [2.75, 3.05) is 14.2 Å². The van der Waals surface area contributed by atoms with Crippen LogP contribution in [0.3, 0.4) is 0 Å². The normalized spacial score (nSPS) is 11.2. The average molecular weight is 465 g/mol. The van der Waals surface area contributed by atoms with Crippen molar-refractivity contribution in [2.45, 2.75) is 0 Å². The van der Waals surface area contributed by atoms with Gasteiger partial charge in [0.2, 0.25) is 5.89 Å². The Hall–Kier alpha value is -4.16. The maximum Gasteiger partial charge on any atom is 0.227 e. The van der Waals surface area contributed by atoms with Crippen LogP contribution in [0.25, 0.3) is 54.5 Å². The topological polar surface area (TPSA) is 57.4 Å². The van der Waals surface area contributed by atoms with E-state index < -0.39 is 0 Å². The molecule has 0 radical (unpaired) electrons. The highest BCUT2D eigenvalue weighted by atomic mass is 32.1. The molecular weight excluding hydrogens is 444 g/mol. The summed E-state index contributed by atoms with van der Waals surface area (Å²) in [6.07, 6.45) is 0. The molecule has 0 bridgehead atoms. The smallest absolute Gasteiger partial charge is 0.227 e. The van der Waals surface area contributed by atoms with Crippen molar-refractivity contribution in [1.82, 2.24) is 9.97 Å². The van der Waals surface area contributed by atoms with E-state index >= 15 is 0 Å². The van der Waals surface area contributed by atoms with Crippen LogP contribution in [-0.2, 0) is 0 Å². The van der Waals surface area contributed by atoms with Gasteiger partial charge in [-0.15, -0.1) is 11.3 Å². The van der Waals surface area contributed by atoms with Gasteiger partial charge in [-0.1, -0.05) is 24.3 Å². The van der Waals surface area contributed by atoms with Crippen molar-refractivity contribution in [3.63, 3.8) is 0 Å². The van der Waals surface area contributed by atoms with Crippen LogP contribution in [0, 0.1) is 0 Å². The molecule has 0 spiro atoms. The summed E-state index contributed by atoms with van der Waals surface area (Å²) in [5.41, 5.74) is 6.47. The van der Waals surface area contributed by atoms with E-state index in [1.54, 1.807) is 25.6 Å². The number of rotatable bonds is 5. The standard InChI is InChI=1S/C28H20N2O3S/c1-31-19-13-9-17(10-14-19)27-29-23-7-3-6-22(26(23)33-27)21-5-4-8-24-25(21)30-28(34-24)18-11-15-20(32-2)16-12-18/h3-16H,1-2H3. The number of methoxy groups -OCH3 is 2. The van der Waals surface area contributed by atoms with Crippen LogP contribution in [0.1, 0.15) is 0 Å². The first-order chi connectivity index (χ1) is 16.7. The molecule has 5 nitrogen and oxygen atoms in total. The SMILES string of the molecule is COc1ccc(-c2nc3cccc(-c4cccc5sc(-c6ccc(OC)cc6)nc45)c3o2)cc1. The first kappa shape index (κ1) is 20.4. The number of oxazole rings is 1. The number of ether oxygens (including phenoxy) is 2. The summed E-state index contributed by atoms with van der Waals surface area (Å²) in [5.74, 6) is 2.20. The van der Waals surface area contributed by atoms with Crippen LogP contribution in [0.15, 0.2) is 89.3 Å². The first-order valence-corrected chi connectivity index (χ1v) is 11.6. The van der Waals surface area contributed by atoms with E-state index in [4.69, 9.17) is 23.9 Å². The maximum atomic E-state index is 6.29. The summed E-state index contributed by atoms with van der Waals surface area (Å²) in [6, 6.07) is 28.0. The number of fused-ring (bicyclic) bond motifs is 2. The summed E-state index contributed by atoms with van der Waals surface area (Å²) < 4.78 is 18.0.